The van der Waals surface area contributed by atoms with Crippen LogP contribution in [0.2, 0.25) is 0 Å². The molecule has 1 fully saturated rings. The molecule has 0 heterocycles. The molecule has 15 heteroatoms. The van der Waals surface area contributed by atoms with Gasteiger partial charge in [-0.3, -0.25) is 33.8 Å². The number of nitrogens with two attached hydrogens (primary N) is 3. The van der Waals surface area contributed by atoms with Crippen LogP contribution in [0.5, 0.6) is 0 Å². The lowest BCUT2D eigenvalue weighted by atomic mass is 9.73. The van der Waals surface area contributed by atoms with Gasteiger partial charge in [0.1, 0.15) is 23.7 Å². The van der Waals surface area contributed by atoms with Gasteiger partial charge >= 0.3 is 0 Å². The van der Waals surface area contributed by atoms with Crippen molar-refractivity contribution in [3.63, 3.8) is 0 Å². The summed E-state index contributed by atoms with van der Waals surface area (Å²) in [6.45, 7) is 2.03. The van der Waals surface area contributed by atoms with E-state index in [9.17, 15) is 28.8 Å². The van der Waals surface area contributed by atoms with Crippen LogP contribution in [0, 0.1) is 0 Å². The summed E-state index contributed by atoms with van der Waals surface area (Å²) in [5.74, 6) is -3.41. The molecule has 1 saturated carbocycles. The fourth-order valence-electron chi connectivity index (χ4n) is 8.64. The molecule has 0 aromatic heterocycles. The van der Waals surface area contributed by atoms with Crippen LogP contribution in [0.4, 0.5) is 5.69 Å². The molecule has 5 aromatic carbocycles. The van der Waals surface area contributed by atoms with E-state index < -0.39 is 53.2 Å². The van der Waals surface area contributed by atoms with Gasteiger partial charge in [0.2, 0.25) is 29.5 Å². The zero-order valence-corrected chi connectivity index (χ0v) is 37.8. The number of guanidine groups is 1. The third kappa shape index (κ3) is 13.7. The first-order valence-electron chi connectivity index (χ1n) is 22.9. The Morgan fingerprint density at radius 2 is 1.25 bits per heavy atom. The number of carbonyl (C=O) groups is 6. The summed E-state index contributed by atoms with van der Waals surface area (Å²) in [5.41, 5.74) is 18.4. The van der Waals surface area contributed by atoms with Crippen LogP contribution in [0.15, 0.2) is 132 Å². The minimum Gasteiger partial charge on any atom is -0.370 e. The van der Waals surface area contributed by atoms with E-state index in [2.05, 4.69) is 43.7 Å². The number of carbonyl (C=O) groups excluding carboxylic acids is 6. The van der Waals surface area contributed by atoms with Crippen molar-refractivity contribution in [1.29, 1.82) is 0 Å². The van der Waals surface area contributed by atoms with Crippen molar-refractivity contribution in [2.45, 2.75) is 101 Å². The predicted octanol–water partition coefficient (Wildman–Crippen LogP) is 4.88. The van der Waals surface area contributed by atoms with E-state index >= 15 is 0 Å². The molecule has 5 aromatic rings. The number of amides is 6. The van der Waals surface area contributed by atoms with Crippen molar-refractivity contribution < 1.29 is 28.8 Å². The maximum absolute atomic E-state index is 14.7. The number of hydrogen-bond acceptors (Lipinski definition) is 7. The largest absolute Gasteiger partial charge is 0.370 e. The summed E-state index contributed by atoms with van der Waals surface area (Å²) in [5, 5.41) is 16.5. The van der Waals surface area contributed by atoms with Crippen molar-refractivity contribution in [2.75, 3.05) is 11.9 Å². The van der Waals surface area contributed by atoms with Crippen LogP contribution < -0.4 is 43.8 Å². The molecule has 0 unspecified atom stereocenters. The van der Waals surface area contributed by atoms with Crippen LogP contribution in [0.3, 0.4) is 0 Å². The molecule has 67 heavy (non-hydrogen) atoms. The Labute approximate surface area is 391 Å². The third-order valence-corrected chi connectivity index (χ3v) is 12.2. The van der Waals surface area contributed by atoms with Gasteiger partial charge < -0.3 is 43.8 Å². The number of fused-ring (bicyclic) bond motifs is 1. The third-order valence-electron chi connectivity index (χ3n) is 12.2. The van der Waals surface area contributed by atoms with Crippen molar-refractivity contribution >= 4 is 57.9 Å². The second kappa shape index (κ2) is 23.6. The van der Waals surface area contributed by atoms with Gasteiger partial charge in [-0.2, -0.15) is 0 Å². The molecule has 6 rings (SSSR count). The minimum absolute atomic E-state index is 0.0411. The fraction of sp³-hybridized carbons (Fsp3) is 0.327. The summed E-state index contributed by atoms with van der Waals surface area (Å²) >= 11 is 0. The number of rotatable bonds is 21. The van der Waals surface area contributed by atoms with Gasteiger partial charge in [0.25, 0.3) is 5.91 Å². The number of aliphatic imine (C=N–C) groups is 1. The predicted molar refractivity (Wildman–Crippen MR) is 261 cm³/mol. The molecule has 15 nitrogen and oxygen atoms in total. The molecular weight excluding hydrogens is 847 g/mol. The SMILES string of the molecule is CCCC(=O)NC1(C(=O)N[C@H](Cc2ccccc2)C(=O)N[C@@H](CCCN=C(N)N)C(=O)N[C@@H](Cc2ccc3ccccc3c2)C(=O)Nc2ccccc2C(N)=O)CCC(c2ccccc2)CC1. The van der Waals surface area contributed by atoms with E-state index in [1.807, 2.05) is 97.9 Å². The summed E-state index contributed by atoms with van der Waals surface area (Å²) < 4.78 is 0. The van der Waals surface area contributed by atoms with Crippen molar-refractivity contribution in [2.24, 2.45) is 22.2 Å². The molecule has 0 aliphatic heterocycles. The first-order valence-corrected chi connectivity index (χ1v) is 22.9. The summed E-state index contributed by atoms with van der Waals surface area (Å²) in [6.07, 6.45) is 3.23. The lowest BCUT2D eigenvalue weighted by Crippen LogP contribution is -2.64. The highest BCUT2D eigenvalue weighted by Gasteiger charge is 2.44. The Hall–Kier alpha value is -7.55. The van der Waals surface area contributed by atoms with Crippen LogP contribution in [0.25, 0.3) is 10.8 Å². The first-order chi connectivity index (χ1) is 32.3. The number of hydrogen-bond donors (Lipinski definition) is 8. The summed E-state index contributed by atoms with van der Waals surface area (Å²) in [6, 6.07) is 35.3. The Balaban J connectivity index is 1.28. The molecule has 1 aliphatic carbocycles. The first kappa shape index (κ1) is 48.9. The van der Waals surface area contributed by atoms with Gasteiger partial charge in [0, 0.05) is 25.8 Å². The lowest BCUT2D eigenvalue weighted by Gasteiger charge is -2.40. The van der Waals surface area contributed by atoms with Gasteiger partial charge in [-0.25, -0.2) is 0 Å². The number of primary amides is 1. The molecule has 1 aliphatic rings. The number of para-hydroxylation sites is 1. The van der Waals surface area contributed by atoms with Crippen molar-refractivity contribution in [1.82, 2.24) is 21.3 Å². The van der Waals surface area contributed by atoms with Crippen molar-refractivity contribution in [3.8, 4) is 0 Å². The van der Waals surface area contributed by atoms with Crippen molar-refractivity contribution in [3.05, 3.63) is 150 Å². The van der Waals surface area contributed by atoms with Gasteiger partial charge in [-0.05, 0) is 90.5 Å². The lowest BCUT2D eigenvalue weighted by molar-refractivity contribution is -0.138. The van der Waals surface area contributed by atoms with E-state index in [0.29, 0.717) is 32.1 Å². The highest BCUT2D eigenvalue weighted by atomic mass is 16.2. The Bertz CT molecular complexity index is 2540. The molecule has 0 bridgehead atoms. The van der Waals surface area contributed by atoms with E-state index in [1.165, 1.54) is 12.1 Å². The zero-order chi connectivity index (χ0) is 47.8. The molecule has 6 amide bonds. The monoisotopic (exact) mass is 907 g/mol. The molecule has 0 radical (unpaired) electrons. The van der Waals surface area contributed by atoms with E-state index in [4.69, 9.17) is 17.2 Å². The maximum atomic E-state index is 14.7. The smallest absolute Gasteiger partial charge is 0.250 e. The van der Waals surface area contributed by atoms with Crippen LogP contribution in [0.1, 0.15) is 91.3 Å². The highest BCUT2D eigenvalue weighted by Crippen LogP contribution is 2.38. The molecular formula is C52H61N9O6. The average Bonchev–Trinajstić information content (AvgIpc) is 3.32. The number of nitrogens with one attached hydrogen (secondary N) is 5. The van der Waals surface area contributed by atoms with E-state index in [0.717, 1.165) is 27.5 Å². The maximum Gasteiger partial charge on any atom is 0.250 e. The molecule has 350 valence electrons. The number of nitrogens with zero attached hydrogens (tertiary/aromatic N) is 1. The number of anilines is 1. The molecule has 0 saturated heterocycles. The Morgan fingerprint density at radius 1 is 0.657 bits per heavy atom. The van der Waals surface area contributed by atoms with Gasteiger partial charge in [0.05, 0.1) is 11.3 Å². The van der Waals surface area contributed by atoms with Crippen LogP contribution >= 0.6 is 0 Å². The van der Waals surface area contributed by atoms with E-state index in [-0.39, 0.29) is 67.7 Å². The Kier molecular flexibility index (Phi) is 17.2. The number of benzene rings is 5. The standard InChI is InChI=1S/C52H61N9O6/c1-2-14-45(62)61-52(28-26-38(27-29-52)36-17-7-4-8-18-36)50(67)60-44(32-34-15-5-3-6-16-34)49(66)58-42(23-13-30-56-51(54)55)47(64)59-43(33-35-24-25-37-19-9-10-20-39(37)31-35)48(65)57-41-22-12-11-21-40(41)46(53)63/h3-12,15-22,24-25,31,38,42-44H,2,13-14,23,26-30,32-33H2,1H3,(H2,53,63)(H,57,65)(H,58,66)(H,59,64)(H,60,67)(H,61,62)(H4,54,55,56)/t38?,42-,43-,44+,52?/m0/s1. The molecule has 3 atom stereocenters. The average molecular weight is 908 g/mol. The fourth-order valence-corrected chi connectivity index (χ4v) is 8.64. The van der Waals surface area contributed by atoms with Gasteiger partial charge in [0.15, 0.2) is 5.96 Å². The van der Waals surface area contributed by atoms with Gasteiger partial charge in [-0.15, -0.1) is 0 Å². The summed E-state index contributed by atoms with van der Waals surface area (Å²) in [7, 11) is 0. The topological polar surface area (TPSA) is 253 Å². The normalized spacial score (nSPS) is 16.9. The summed E-state index contributed by atoms with van der Waals surface area (Å²) in [4.78, 5) is 87.8. The van der Waals surface area contributed by atoms with Crippen LogP contribution in [-0.4, -0.2) is 71.6 Å². The quantitative estimate of drug-likeness (QED) is 0.0285. The minimum atomic E-state index is -1.28. The second-order valence-corrected chi connectivity index (χ2v) is 17.1. The zero-order valence-electron chi connectivity index (χ0n) is 37.8. The van der Waals surface area contributed by atoms with E-state index in [1.54, 1.807) is 12.1 Å². The van der Waals surface area contributed by atoms with Crippen LogP contribution in [-0.2, 0) is 36.8 Å². The molecule has 11 N–H and O–H groups in total. The second-order valence-electron chi connectivity index (χ2n) is 17.1. The highest BCUT2D eigenvalue weighted by molar-refractivity contribution is 6.05. The van der Waals surface area contributed by atoms with Gasteiger partial charge in [-0.1, -0.05) is 122 Å². The molecule has 0 spiro atoms. The Morgan fingerprint density at radius 3 is 1.94 bits per heavy atom.